The molecule has 1 heterocycles. The monoisotopic (exact) mass is 478 g/mol. The van der Waals surface area contributed by atoms with Crippen LogP contribution in [0.25, 0.3) is 11.1 Å². The molecule has 2 N–H and O–H groups in total. The van der Waals surface area contributed by atoms with Crippen LogP contribution in [0.5, 0.6) is 0 Å². The van der Waals surface area contributed by atoms with Crippen molar-refractivity contribution in [3.05, 3.63) is 111 Å². The fraction of sp³-hybridized carbons (Fsp3) is 0.154. The minimum Gasteiger partial charge on any atom is -0.348 e. The van der Waals surface area contributed by atoms with Gasteiger partial charge in [0.25, 0.3) is 5.91 Å². The van der Waals surface area contributed by atoms with E-state index in [4.69, 9.17) is 28.6 Å². The third-order valence-corrected chi connectivity index (χ3v) is 6.32. The highest BCUT2D eigenvalue weighted by Gasteiger charge is 2.12. The van der Waals surface area contributed by atoms with Crippen molar-refractivity contribution in [3.63, 3.8) is 0 Å². The molecule has 0 bridgehead atoms. The van der Waals surface area contributed by atoms with E-state index < -0.39 is 0 Å². The Labute approximate surface area is 202 Å². The van der Waals surface area contributed by atoms with Gasteiger partial charge < -0.3 is 14.5 Å². The highest BCUT2D eigenvalue weighted by Crippen LogP contribution is 2.26. The zero-order valence-electron chi connectivity index (χ0n) is 18.4. The van der Waals surface area contributed by atoms with Crippen LogP contribution in [-0.2, 0) is 20.1 Å². The summed E-state index contributed by atoms with van der Waals surface area (Å²) in [4.78, 5) is 13.1. The van der Waals surface area contributed by atoms with E-state index in [2.05, 4.69) is 30.4 Å². The molecule has 1 amide bonds. The summed E-state index contributed by atoms with van der Waals surface area (Å²) in [6.45, 7) is 2.89. The van der Waals surface area contributed by atoms with Gasteiger partial charge in [0.1, 0.15) is 0 Å². The summed E-state index contributed by atoms with van der Waals surface area (Å²) in [7, 11) is 1.84. The van der Waals surface area contributed by atoms with Crippen LogP contribution >= 0.6 is 23.2 Å². The Morgan fingerprint density at radius 1 is 0.970 bits per heavy atom. The number of amides is 1. The average Bonchev–Trinajstić information content (AvgIpc) is 3.12. The topological polar surface area (TPSA) is 62.8 Å². The highest BCUT2D eigenvalue weighted by atomic mass is 35.5. The van der Waals surface area contributed by atoms with Gasteiger partial charge in [0.2, 0.25) is 5.62 Å². The lowest BCUT2D eigenvalue weighted by Crippen LogP contribution is -2.24. The van der Waals surface area contributed by atoms with E-state index in [0.717, 1.165) is 27.8 Å². The molecule has 1 aromatic heterocycles. The van der Waals surface area contributed by atoms with Crippen LogP contribution in [-0.4, -0.2) is 15.0 Å². The average molecular weight is 479 g/mol. The van der Waals surface area contributed by atoms with Gasteiger partial charge in [-0.05, 0) is 65.1 Å². The summed E-state index contributed by atoms with van der Waals surface area (Å²) in [6, 6.07) is 19.3. The molecule has 0 saturated carbocycles. The first kappa shape index (κ1) is 22.9. The van der Waals surface area contributed by atoms with Gasteiger partial charge in [-0.1, -0.05) is 53.5 Å². The van der Waals surface area contributed by atoms with Gasteiger partial charge in [0.15, 0.2) is 0 Å². The SMILES string of the molecule is Cc1ccccc1-c1cc(Cn2ccn(C)c2=N)cc(C(=O)NCc2ccc(Cl)c(Cl)c2)c1. The summed E-state index contributed by atoms with van der Waals surface area (Å²) in [5.41, 5.74) is 5.93. The van der Waals surface area contributed by atoms with Crippen LogP contribution in [0.15, 0.2) is 73.1 Å². The molecule has 0 atom stereocenters. The maximum absolute atomic E-state index is 13.1. The maximum Gasteiger partial charge on any atom is 0.251 e. The first-order valence-electron chi connectivity index (χ1n) is 10.5. The van der Waals surface area contributed by atoms with E-state index in [0.29, 0.717) is 34.3 Å². The van der Waals surface area contributed by atoms with Crippen molar-refractivity contribution in [3.8, 4) is 11.1 Å². The van der Waals surface area contributed by atoms with Crippen molar-refractivity contribution in [2.75, 3.05) is 0 Å². The second-order valence-corrected chi connectivity index (χ2v) is 8.84. The first-order valence-corrected chi connectivity index (χ1v) is 11.3. The summed E-state index contributed by atoms with van der Waals surface area (Å²) < 4.78 is 3.59. The fourth-order valence-electron chi connectivity index (χ4n) is 3.75. The molecule has 33 heavy (non-hydrogen) atoms. The second-order valence-electron chi connectivity index (χ2n) is 8.03. The summed E-state index contributed by atoms with van der Waals surface area (Å²) in [6.07, 6.45) is 3.71. The molecule has 0 radical (unpaired) electrons. The Kier molecular flexibility index (Phi) is 6.72. The molecule has 4 aromatic rings. The van der Waals surface area contributed by atoms with Gasteiger partial charge in [-0.3, -0.25) is 10.2 Å². The third kappa shape index (κ3) is 5.21. The quantitative estimate of drug-likeness (QED) is 0.373. The number of benzene rings is 3. The molecule has 168 valence electrons. The van der Waals surface area contributed by atoms with Crippen molar-refractivity contribution < 1.29 is 4.79 Å². The van der Waals surface area contributed by atoms with Crippen LogP contribution in [0.1, 0.15) is 27.0 Å². The number of aromatic nitrogens is 2. The number of hydrogen-bond acceptors (Lipinski definition) is 2. The number of imidazole rings is 1. The summed E-state index contributed by atoms with van der Waals surface area (Å²) in [5.74, 6) is -0.179. The molecule has 5 nitrogen and oxygen atoms in total. The van der Waals surface area contributed by atoms with E-state index in [9.17, 15) is 4.79 Å². The molecule has 4 rings (SSSR count). The number of carbonyl (C=O) groups excluding carboxylic acids is 1. The molecule has 3 aromatic carbocycles. The zero-order valence-corrected chi connectivity index (χ0v) is 19.9. The Balaban J connectivity index is 1.66. The first-order chi connectivity index (χ1) is 15.8. The molecule has 0 aliphatic carbocycles. The molecule has 0 aliphatic heterocycles. The van der Waals surface area contributed by atoms with Crippen molar-refractivity contribution in [1.82, 2.24) is 14.5 Å². The van der Waals surface area contributed by atoms with Gasteiger partial charge in [0, 0.05) is 31.5 Å². The lowest BCUT2D eigenvalue weighted by molar-refractivity contribution is 0.0951. The number of aryl methyl sites for hydroxylation is 2. The van der Waals surface area contributed by atoms with Crippen molar-refractivity contribution in [2.45, 2.75) is 20.0 Å². The van der Waals surface area contributed by atoms with Gasteiger partial charge in [-0.15, -0.1) is 0 Å². The standard InChI is InChI=1S/C26H24Cl2N4O/c1-17-5-3-4-6-22(17)20-11-19(16-32-10-9-31(2)26(32)29)12-21(14-20)25(33)30-15-18-7-8-23(27)24(28)13-18/h3-14,29H,15-16H2,1-2H3,(H,30,33). The van der Waals surface area contributed by atoms with E-state index in [1.165, 1.54) is 0 Å². The molecule has 0 fully saturated rings. The Morgan fingerprint density at radius 3 is 2.45 bits per heavy atom. The molecular formula is C26H24Cl2N4O. The molecule has 0 aliphatic rings. The van der Waals surface area contributed by atoms with Crippen LogP contribution < -0.4 is 10.9 Å². The minimum absolute atomic E-state index is 0.179. The number of halogens is 2. The van der Waals surface area contributed by atoms with Crippen LogP contribution in [0.3, 0.4) is 0 Å². The van der Waals surface area contributed by atoms with Crippen LogP contribution in [0.2, 0.25) is 10.0 Å². The van der Waals surface area contributed by atoms with Crippen molar-refractivity contribution in [1.29, 1.82) is 5.41 Å². The predicted molar refractivity (Wildman–Crippen MR) is 133 cm³/mol. The molecule has 0 spiro atoms. The van der Waals surface area contributed by atoms with Gasteiger partial charge >= 0.3 is 0 Å². The number of hydrogen-bond donors (Lipinski definition) is 2. The van der Waals surface area contributed by atoms with E-state index >= 15 is 0 Å². The normalized spacial score (nSPS) is 10.9. The van der Waals surface area contributed by atoms with Crippen LogP contribution in [0, 0.1) is 12.3 Å². The molecular weight excluding hydrogens is 455 g/mol. The lowest BCUT2D eigenvalue weighted by atomic mass is 9.96. The molecule has 7 heteroatoms. The number of rotatable bonds is 6. The highest BCUT2D eigenvalue weighted by molar-refractivity contribution is 6.42. The Hall–Kier alpha value is -3.28. The van der Waals surface area contributed by atoms with Gasteiger partial charge in [0.05, 0.1) is 16.6 Å². The Morgan fingerprint density at radius 2 is 1.76 bits per heavy atom. The van der Waals surface area contributed by atoms with Gasteiger partial charge in [-0.25, -0.2) is 0 Å². The summed E-state index contributed by atoms with van der Waals surface area (Å²) in [5, 5.41) is 12.1. The van der Waals surface area contributed by atoms with Crippen molar-refractivity contribution in [2.24, 2.45) is 7.05 Å². The number of carbonyl (C=O) groups is 1. The fourth-order valence-corrected chi connectivity index (χ4v) is 4.07. The lowest BCUT2D eigenvalue weighted by Gasteiger charge is -2.13. The number of nitrogens with zero attached hydrogens (tertiary/aromatic N) is 2. The smallest absolute Gasteiger partial charge is 0.251 e. The minimum atomic E-state index is -0.179. The Bertz CT molecular complexity index is 1390. The zero-order chi connectivity index (χ0) is 23.5. The largest absolute Gasteiger partial charge is 0.348 e. The van der Waals surface area contributed by atoms with Gasteiger partial charge in [-0.2, -0.15) is 0 Å². The number of nitrogens with one attached hydrogen (secondary N) is 2. The van der Waals surface area contributed by atoms with E-state index in [-0.39, 0.29) is 5.91 Å². The predicted octanol–water partition coefficient (Wildman–Crippen LogP) is 5.57. The summed E-state index contributed by atoms with van der Waals surface area (Å²) >= 11 is 12.1. The molecule has 0 saturated heterocycles. The second kappa shape index (κ2) is 9.69. The van der Waals surface area contributed by atoms with E-state index in [1.807, 2.05) is 54.3 Å². The maximum atomic E-state index is 13.1. The third-order valence-electron chi connectivity index (χ3n) is 5.58. The van der Waals surface area contributed by atoms with Crippen LogP contribution in [0.4, 0.5) is 0 Å². The van der Waals surface area contributed by atoms with E-state index in [1.54, 1.807) is 16.7 Å². The van der Waals surface area contributed by atoms with Crippen molar-refractivity contribution >= 4 is 29.1 Å². The molecule has 0 unspecified atom stereocenters.